The molecule has 3 N–H and O–H groups in total. The molecule has 0 aliphatic heterocycles. The maximum atomic E-state index is 11.6. The first kappa shape index (κ1) is 15.7. The van der Waals surface area contributed by atoms with Gasteiger partial charge in [0.2, 0.25) is 5.91 Å². The van der Waals surface area contributed by atoms with Crippen LogP contribution in [0.3, 0.4) is 0 Å². The molecule has 6 heteroatoms. The van der Waals surface area contributed by atoms with Crippen molar-refractivity contribution in [3.05, 3.63) is 22.4 Å². The Hall–Kier alpha value is -1.40. The lowest BCUT2D eigenvalue weighted by Crippen LogP contribution is -2.37. The van der Waals surface area contributed by atoms with Crippen LogP contribution in [0.2, 0.25) is 0 Å². The van der Waals surface area contributed by atoms with Crippen molar-refractivity contribution < 1.29 is 14.7 Å². The minimum atomic E-state index is -0.324. The van der Waals surface area contributed by atoms with Gasteiger partial charge in [0.15, 0.2) is 0 Å². The number of nitrogens with one attached hydrogen (secondary N) is 2. The van der Waals surface area contributed by atoms with Gasteiger partial charge in [0.1, 0.15) is 0 Å². The van der Waals surface area contributed by atoms with Crippen molar-refractivity contribution in [3.8, 4) is 0 Å². The summed E-state index contributed by atoms with van der Waals surface area (Å²) in [5.41, 5.74) is 0.294. The second-order valence-electron chi connectivity index (χ2n) is 5.12. The van der Waals surface area contributed by atoms with Gasteiger partial charge in [0.05, 0.1) is 0 Å². The molecule has 0 spiro atoms. The molecular weight excluding hydrogens is 264 g/mol. The topological polar surface area (TPSA) is 78.4 Å². The van der Waals surface area contributed by atoms with E-state index in [0.717, 1.165) is 0 Å². The van der Waals surface area contributed by atoms with Crippen LogP contribution in [0.25, 0.3) is 0 Å². The number of hydrogen-bond donors (Lipinski definition) is 3. The van der Waals surface area contributed by atoms with Crippen LogP contribution in [-0.2, 0) is 4.79 Å². The molecule has 0 aliphatic rings. The fourth-order valence-corrected chi connectivity index (χ4v) is 1.90. The highest BCUT2D eigenvalue weighted by Gasteiger charge is 2.17. The van der Waals surface area contributed by atoms with Gasteiger partial charge in [-0.15, -0.1) is 0 Å². The predicted octanol–water partition coefficient (Wildman–Crippen LogP) is 1.00. The SMILES string of the molecule is CC(C)(CO)CNC(=O)CCNC(=O)c1ccsc1. The van der Waals surface area contributed by atoms with E-state index in [4.69, 9.17) is 5.11 Å². The van der Waals surface area contributed by atoms with Gasteiger partial charge in [-0.3, -0.25) is 9.59 Å². The Kier molecular flexibility index (Phi) is 5.98. The Morgan fingerprint density at radius 1 is 1.37 bits per heavy atom. The number of thiophene rings is 1. The molecule has 0 atom stereocenters. The molecule has 106 valence electrons. The minimum absolute atomic E-state index is 0.0160. The highest BCUT2D eigenvalue weighted by molar-refractivity contribution is 7.08. The van der Waals surface area contributed by atoms with Crippen LogP contribution in [0, 0.1) is 5.41 Å². The first-order chi connectivity index (χ1) is 8.94. The van der Waals surface area contributed by atoms with E-state index < -0.39 is 0 Å². The fraction of sp³-hybridized carbons (Fsp3) is 0.538. The van der Waals surface area contributed by atoms with Gasteiger partial charge in [0, 0.05) is 42.5 Å². The molecule has 0 bridgehead atoms. The van der Waals surface area contributed by atoms with Crippen LogP contribution in [0.15, 0.2) is 16.8 Å². The number of hydrogen-bond acceptors (Lipinski definition) is 4. The van der Waals surface area contributed by atoms with Gasteiger partial charge in [-0.05, 0) is 11.4 Å². The molecule has 0 fully saturated rings. The summed E-state index contributed by atoms with van der Waals surface area (Å²) in [6.07, 6.45) is 0.234. The van der Waals surface area contributed by atoms with E-state index in [0.29, 0.717) is 18.7 Å². The molecule has 0 saturated heterocycles. The highest BCUT2D eigenvalue weighted by atomic mass is 32.1. The molecule has 0 unspecified atom stereocenters. The zero-order valence-electron chi connectivity index (χ0n) is 11.2. The standard InChI is InChI=1S/C13H20N2O3S/c1-13(2,9-16)8-15-11(17)3-5-14-12(18)10-4-6-19-7-10/h4,6-7,16H,3,5,8-9H2,1-2H3,(H,14,18)(H,15,17). The number of aliphatic hydroxyl groups excluding tert-OH is 1. The number of rotatable bonds is 7. The van der Waals surface area contributed by atoms with E-state index in [2.05, 4.69) is 10.6 Å². The maximum Gasteiger partial charge on any atom is 0.252 e. The summed E-state index contributed by atoms with van der Waals surface area (Å²) < 4.78 is 0. The van der Waals surface area contributed by atoms with Crippen LogP contribution in [-0.4, -0.2) is 36.6 Å². The van der Waals surface area contributed by atoms with E-state index in [1.165, 1.54) is 11.3 Å². The van der Waals surface area contributed by atoms with Crippen LogP contribution >= 0.6 is 11.3 Å². The average Bonchev–Trinajstić information content (AvgIpc) is 2.90. The largest absolute Gasteiger partial charge is 0.396 e. The zero-order valence-corrected chi connectivity index (χ0v) is 12.0. The summed E-state index contributed by atoms with van der Waals surface area (Å²) in [6, 6.07) is 1.74. The monoisotopic (exact) mass is 284 g/mol. The van der Waals surface area contributed by atoms with E-state index in [1.54, 1.807) is 11.4 Å². The predicted molar refractivity (Wildman–Crippen MR) is 75.1 cm³/mol. The van der Waals surface area contributed by atoms with Crippen molar-refractivity contribution in [2.24, 2.45) is 5.41 Å². The molecule has 2 amide bonds. The lowest BCUT2D eigenvalue weighted by molar-refractivity contribution is -0.121. The average molecular weight is 284 g/mol. The third-order valence-electron chi connectivity index (χ3n) is 2.61. The van der Waals surface area contributed by atoms with Crippen LogP contribution in [0.5, 0.6) is 0 Å². The van der Waals surface area contributed by atoms with Crippen molar-refractivity contribution in [2.45, 2.75) is 20.3 Å². The van der Waals surface area contributed by atoms with Crippen molar-refractivity contribution in [1.29, 1.82) is 0 Å². The lowest BCUT2D eigenvalue weighted by atomic mass is 9.95. The van der Waals surface area contributed by atoms with Gasteiger partial charge in [0.25, 0.3) is 5.91 Å². The third-order valence-corrected chi connectivity index (χ3v) is 3.30. The molecule has 1 aromatic heterocycles. The van der Waals surface area contributed by atoms with Crippen molar-refractivity contribution in [3.63, 3.8) is 0 Å². The Labute approximate surface area is 117 Å². The first-order valence-corrected chi connectivity index (χ1v) is 7.07. The zero-order chi connectivity index (χ0) is 14.3. The summed E-state index contributed by atoms with van der Waals surface area (Å²) >= 11 is 1.46. The van der Waals surface area contributed by atoms with E-state index in [1.807, 2.05) is 19.2 Å². The number of aliphatic hydroxyl groups is 1. The lowest BCUT2D eigenvalue weighted by Gasteiger charge is -2.21. The Bertz CT molecular complexity index is 416. The summed E-state index contributed by atoms with van der Waals surface area (Å²) in [7, 11) is 0. The molecule has 0 aromatic carbocycles. The number of amides is 2. The fourth-order valence-electron chi connectivity index (χ4n) is 1.27. The quantitative estimate of drug-likeness (QED) is 0.699. The molecular formula is C13H20N2O3S. The Balaban J connectivity index is 2.19. The first-order valence-electron chi connectivity index (χ1n) is 6.12. The van der Waals surface area contributed by atoms with Gasteiger partial charge >= 0.3 is 0 Å². The summed E-state index contributed by atoms with van der Waals surface area (Å²) in [4.78, 5) is 23.1. The molecule has 5 nitrogen and oxygen atoms in total. The maximum absolute atomic E-state index is 11.6. The van der Waals surface area contributed by atoms with Gasteiger partial charge in [-0.2, -0.15) is 11.3 Å². The van der Waals surface area contributed by atoms with Gasteiger partial charge in [-0.1, -0.05) is 13.8 Å². The Morgan fingerprint density at radius 3 is 2.68 bits per heavy atom. The molecule has 0 aliphatic carbocycles. The van der Waals surface area contributed by atoms with Gasteiger partial charge < -0.3 is 15.7 Å². The Morgan fingerprint density at radius 2 is 2.11 bits per heavy atom. The normalized spacial score (nSPS) is 11.1. The highest BCUT2D eigenvalue weighted by Crippen LogP contribution is 2.11. The molecule has 0 radical (unpaired) electrons. The molecule has 19 heavy (non-hydrogen) atoms. The summed E-state index contributed by atoms with van der Waals surface area (Å²) in [5, 5.41) is 18.1. The van der Waals surface area contributed by atoms with E-state index in [9.17, 15) is 9.59 Å². The molecule has 0 saturated carbocycles. The second kappa shape index (κ2) is 7.25. The van der Waals surface area contributed by atoms with Crippen molar-refractivity contribution in [2.75, 3.05) is 19.7 Å². The van der Waals surface area contributed by atoms with E-state index in [-0.39, 0.29) is 30.3 Å². The van der Waals surface area contributed by atoms with Crippen LogP contribution in [0.4, 0.5) is 0 Å². The van der Waals surface area contributed by atoms with Gasteiger partial charge in [-0.25, -0.2) is 0 Å². The van der Waals surface area contributed by atoms with Crippen molar-refractivity contribution >= 4 is 23.2 Å². The number of carbonyl (C=O) groups is 2. The summed E-state index contributed by atoms with van der Waals surface area (Å²) in [5.74, 6) is -0.295. The summed E-state index contributed by atoms with van der Waals surface area (Å²) in [6.45, 7) is 4.47. The van der Waals surface area contributed by atoms with E-state index >= 15 is 0 Å². The third kappa shape index (κ3) is 5.85. The van der Waals surface area contributed by atoms with Crippen LogP contribution in [0.1, 0.15) is 30.6 Å². The molecule has 1 rings (SSSR count). The van der Waals surface area contributed by atoms with Crippen LogP contribution < -0.4 is 10.6 Å². The molecule has 1 aromatic rings. The minimum Gasteiger partial charge on any atom is -0.396 e. The van der Waals surface area contributed by atoms with Crippen molar-refractivity contribution in [1.82, 2.24) is 10.6 Å². The molecule has 1 heterocycles. The smallest absolute Gasteiger partial charge is 0.252 e. The second-order valence-corrected chi connectivity index (χ2v) is 5.90. The number of carbonyl (C=O) groups excluding carboxylic acids is 2.